The lowest BCUT2D eigenvalue weighted by molar-refractivity contribution is -0.180. The average Bonchev–Trinajstić information content (AvgIpc) is 3.26. The van der Waals surface area contributed by atoms with Gasteiger partial charge in [0.25, 0.3) is 0 Å². The van der Waals surface area contributed by atoms with E-state index in [0.29, 0.717) is 11.8 Å². The van der Waals surface area contributed by atoms with Crippen LogP contribution in [0, 0.1) is 23.7 Å². The molecule has 0 spiro atoms. The molecule has 0 radical (unpaired) electrons. The second-order valence-electron chi connectivity index (χ2n) is 9.93. The van der Waals surface area contributed by atoms with Gasteiger partial charge >= 0.3 is 11.9 Å². The minimum Gasteiger partial charge on any atom is -0.457 e. The molecular weight excluding hydrogens is 348 g/mol. The van der Waals surface area contributed by atoms with Crippen molar-refractivity contribution in [3.05, 3.63) is 0 Å². The van der Waals surface area contributed by atoms with Gasteiger partial charge in [0.2, 0.25) is 0 Å². The molecule has 27 heavy (non-hydrogen) atoms. The Kier molecular flexibility index (Phi) is 4.76. The van der Waals surface area contributed by atoms with Crippen molar-refractivity contribution in [3.63, 3.8) is 0 Å². The van der Waals surface area contributed by atoms with Gasteiger partial charge in [-0.2, -0.15) is 0 Å². The zero-order chi connectivity index (χ0) is 19.4. The fourth-order valence-corrected chi connectivity index (χ4v) is 4.95. The van der Waals surface area contributed by atoms with Crippen molar-refractivity contribution in [2.24, 2.45) is 23.7 Å². The highest BCUT2D eigenvalue weighted by atomic mass is 16.6. The molecule has 6 rings (SSSR count). The van der Waals surface area contributed by atoms with Crippen LogP contribution in [0.25, 0.3) is 0 Å². The highest BCUT2D eigenvalue weighted by Gasteiger charge is 2.53. The minimum absolute atomic E-state index is 0.00636. The molecule has 6 unspecified atom stereocenters. The first-order valence-corrected chi connectivity index (χ1v) is 10.2. The smallest absolute Gasteiger partial charge is 0.311 e. The van der Waals surface area contributed by atoms with E-state index in [1.807, 2.05) is 27.7 Å². The Morgan fingerprint density at radius 3 is 1.52 bits per heavy atom. The SMILES string of the molecule is CC(C)(COCC(C)(C)OC(=O)C1C2CNC1C2)OC(=O)C1C2CNC1C2. The molecule has 7 heteroatoms. The molecule has 6 fully saturated rings. The van der Waals surface area contributed by atoms with Crippen molar-refractivity contribution in [1.29, 1.82) is 0 Å². The fraction of sp³-hybridized carbons (Fsp3) is 0.900. The number of fused-ring (bicyclic) bond motifs is 2. The zero-order valence-corrected chi connectivity index (χ0v) is 16.7. The van der Waals surface area contributed by atoms with Crippen LogP contribution in [0.5, 0.6) is 0 Å². The highest BCUT2D eigenvalue weighted by Crippen LogP contribution is 2.42. The van der Waals surface area contributed by atoms with Crippen LogP contribution < -0.4 is 10.6 Å². The largest absolute Gasteiger partial charge is 0.457 e. The molecule has 4 bridgehead atoms. The van der Waals surface area contributed by atoms with Gasteiger partial charge < -0.3 is 24.8 Å². The molecule has 0 aromatic heterocycles. The molecule has 2 N–H and O–H groups in total. The quantitative estimate of drug-likeness (QED) is 0.604. The minimum atomic E-state index is -0.705. The number of esters is 2. The molecule has 2 aliphatic carbocycles. The van der Waals surface area contributed by atoms with E-state index in [1.54, 1.807) is 0 Å². The van der Waals surface area contributed by atoms with Crippen LogP contribution in [0.2, 0.25) is 0 Å². The number of rotatable bonds is 8. The van der Waals surface area contributed by atoms with Gasteiger partial charge in [0.15, 0.2) is 0 Å². The van der Waals surface area contributed by atoms with Crippen molar-refractivity contribution in [1.82, 2.24) is 10.6 Å². The Balaban J connectivity index is 1.19. The molecule has 4 saturated heterocycles. The summed E-state index contributed by atoms with van der Waals surface area (Å²) in [5.41, 5.74) is -1.41. The first-order valence-electron chi connectivity index (χ1n) is 10.2. The molecule has 6 aliphatic rings. The third kappa shape index (κ3) is 3.74. The monoisotopic (exact) mass is 380 g/mol. The summed E-state index contributed by atoms with van der Waals surface area (Å²) >= 11 is 0. The van der Waals surface area contributed by atoms with Crippen molar-refractivity contribution in [2.75, 3.05) is 26.3 Å². The molecular formula is C20H32N2O5. The molecule has 0 amide bonds. The Bertz CT molecular complexity index is 539. The number of ether oxygens (including phenoxy) is 3. The van der Waals surface area contributed by atoms with Gasteiger partial charge in [0.1, 0.15) is 11.2 Å². The summed E-state index contributed by atoms with van der Waals surface area (Å²) in [5.74, 6) is 0.575. The summed E-state index contributed by atoms with van der Waals surface area (Å²) in [6, 6.07) is 0.572. The van der Waals surface area contributed by atoms with Crippen LogP contribution in [-0.2, 0) is 23.8 Å². The molecule has 4 aliphatic heterocycles. The van der Waals surface area contributed by atoms with E-state index in [1.165, 1.54) is 0 Å². The summed E-state index contributed by atoms with van der Waals surface area (Å²) in [4.78, 5) is 24.8. The van der Waals surface area contributed by atoms with Crippen molar-refractivity contribution in [3.8, 4) is 0 Å². The van der Waals surface area contributed by atoms with Gasteiger partial charge in [-0.1, -0.05) is 0 Å². The molecule has 152 valence electrons. The topological polar surface area (TPSA) is 85.9 Å². The Morgan fingerprint density at radius 2 is 1.22 bits per heavy atom. The Labute approximate surface area is 160 Å². The van der Waals surface area contributed by atoms with Crippen LogP contribution in [0.4, 0.5) is 0 Å². The van der Waals surface area contributed by atoms with E-state index in [4.69, 9.17) is 14.2 Å². The predicted molar refractivity (Wildman–Crippen MR) is 97.9 cm³/mol. The Hall–Kier alpha value is -1.18. The summed E-state index contributed by atoms with van der Waals surface area (Å²) < 4.78 is 17.2. The van der Waals surface area contributed by atoms with E-state index in [0.717, 1.165) is 25.9 Å². The Morgan fingerprint density at radius 1 is 0.815 bits per heavy atom. The number of nitrogens with one attached hydrogen (secondary N) is 2. The van der Waals surface area contributed by atoms with E-state index in [2.05, 4.69) is 10.6 Å². The standard InChI is InChI=1S/C20H32N2O5/c1-19(2,26-17(23)15-11-5-13(15)21-7-11)9-25-10-20(3,4)27-18(24)16-12-6-14(16)22-8-12/h11-16,21-22H,5-10H2,1-4H3. The maximum Gasteiger partial charge on any atom is 0.311 e. The molecule has 7 nitrogen and oxygen atoms in total. The van der Waals surface area contributed by atoms with Gasteiger partial charge in [-0.25, -0.2) is 0 Å². The lowest BCUT2D eigenvalue weighted by Crippen LogP contribution is -2.48. The zero-order valence-electron chi connectivity index (χ0n) is 16.7. The van der Waals surface area contributed by atoms with E-state index in [-0.39, 0.29) is 49.1 Å². The third-order valence-electron chi connectivity index (χ3n) is 6.48. The van der Waals surface area contributed by atoms with Crippen LogP contribution in [0.3, 0.4) is 0 Å². The molecule has 0 aromatic rings. The average molecular weight is 380 g/mol. The second kappa shape index (κ2) is 6.71. The summed E-state index contributed by atoms with van der Waals surface area (Å²) in [7, 11) is 0. The second-order valence-corrected chi connectivity index (χ2v) is 9.93. The number of carbonyl (C=O) groups is 2. The number of hydrogen-bond donors (Lipinski definition) is 2. The summed E-state index contributed by atoms with van der Waals surface area (Å²) in [6.07, 6.45) is 2.16. The number of hydrogen-bond acceptors (Lipinski definition) is 7. The van der Waals surface area contributed by atoms with Crippen molar-refractivity contribution in [2.45, 2.75) is 63.8 Å². The predicted octanol–water partition coefficient (Wildman–Crippen LogP) is 0.862. The van der Waals surface area contributed by atoms with Gasteiger partial charge in [-0.15, -0.1) is 0 Å². The van der Waals surface area contributed by atoms with Crippen molar-refractivity contribution >= 4 is 11.9 Å². The van der Waals surface area contributed by atoms with Gasteiger partial charge in [-0.3, -0.25) is 9.59 Å². The lowest BCUT2D eigenvalue weighted by Gasteiger charge is -2.37. The summed E-state index contributed by atoms with van der Waals surface area (Å²) in [5, 5.41) is 6.67. The third-order valence-corrected chi connectivity index (χ3v) is 6.48. The molecule has 6 atom stereocenters. The van der Waals surface area contributed by atoms with Crippen LogP contribution in [0.1, 0.15) is 40.5 Å². The first-order chi connectivity index (χ1) is 12.7. The van der Waals surface area contributed by atoms with Crippen molar-refractivity contribution < 1.29 is 23.8 Å². The van der Waals surface area contributed by atoms with E-state index in [9.17, 15) is 9.59 Å². The van der Waals surface area contributed by atoms with Crippen LogP contribution in [0.15, 0.2) is 0 Å². The normalized spacial score (nSPS) is 36.7. The molecule has 2 saturated carbocycles. The van der Waals surface area contributed by atoms with Crippen LogP contribution >= 0.6 is 0 Å². The molecule has 4 heterocycles. The van der Waals surface area contributed by atoms with Gasteiger partial charge in [0, 0.05) is 12.1 Å². The number of carbonyl (C=O) groups excluding carboxylic acids is 2. The lowest BCUT2D eigenvalue weighted by atomic mass is 9.74. The van der Waals surface area contributed by atoms with E-state index < -0.39 is 11.2 Å². The maximum absolute atomic E-state index is 12.4. The first kappa shape index (κ1) is 19.2. The molecule has 0 aromatic carbocycles. The van der Waals surface area contributed by atoms with Crippen LogP contribution in [-0.4, -0.2) is 61.5 Å². The maximum atomic E-state index is 12.4. The van der Waals surface area contributed by atoms with Gasteiger partial charge in [0.05, 0.1) is 25.0 Å². The fourth-order valence-electron chi connectivity index (χ4n) is 4.95. The highest BCUT2D eigenvalue weighted by molar-refractivity contribution is 5.76. The van der Waals surface area contributed by atoms with Gasteiger partial charge in [-0.05, 0) is 65.5 Å². The summed E-state index contributed by atoms with van der Waals surface area (Å²) in [6.45, 7) is 9.80. The van der Waals surface area contributed by atoms with E-state index >= 15 is 0 Å².